The Morgan fingerprint density at radius 3 is 2.60 bits per heavy atom. The van der Waals surface area contributed by atoms with Crippen LogP contribution in [-0.4, -0.2) is 40.5 Å². The van der Waals surface area contributed by atoms with Crippen LogP contribution in [0.15, 0.2) is 46.0 Å². The number of nitrogens with one attached hydrogen (secondary N) is 1. The van der Waals surface area contributed by atoms with Crippen LogP contribution in [0.2, 0.25) is 0 Å². The predicted molar refractivity (Wildman–Crippen MR) is 95.3 cm³/mol. The second-order valence-electron chi connectivity index (χ2n) is 5.04. The zero-order valence-corrected chi connectivity index (χ0v) is 15.4. The number of amides is 1. The van der Waals surface area contributed by atoms with Crippen molar-refractivity contribution < 1.29 is 22.7 Å². The summed E-state index contributed by atoms with van der Waals surface area (Å²) in [6.07, 6.45) is 0. The Hall–Kier alpha value is -2.23. The lowest BCUT2D eigenvalue weighted by molar-refractivity contribution is -0.116. The zero-order valence-electron chi connectivity index (χ0n) is 13.8. The summed E-state index contributed by atoms with van der Waals surface area (Å²) in [6.45, 7) is 1.55. The average molecular weight is 382 g/mol. The number of carbonyl (C=O) groups is 2. The Morgan fingerprint density at radius 1 is 1.24 bits per heavy atom. The number of hydrogen-bond acceptors (Lipinski definition) is 6. The van der Waals surface area contributed by atoms with Crippen LogP contribution in [0.25, 0.3) is 0 Å². The van der Waals surface area contributed by atoms with Crippen molar-refractivity contribution in [3.63, 3.8) is 0 Å². The molecule has 2 aromatic rings. The van der Waals surface area contributed by atoms with E-state index < -0.39 is 16.0 Å². The van der Waals surface area contributed by atoms with Crippen molar-refractivity contribution in [2.24, 2.45) is 0 Å². The van der Waals surface area contributed by atoms with Gasteiger partial charge in [-0.3, -0.25) is 4.79 Å². The summed E-state index contributed by atoms with van der Waals surface area (Å²) in [5, 5.41) is 1.68. The Labute approximate surface area is 150 Å². The summed E-state index contributed by atoms with van der Waals surface area (Å²) in [5.74, 6) is -0.777. The quantitative estimate of drug-likeness (QED) is 0.738. The van der Waals surface area contributed by atoms with E-state index in [1.807, 2.05) is 0 Å². The van der Waals surface area contributed by atoms with Crippen LogP contribution in [0, 0.1) is 0 Å². The van der Waals surface area contributed by atoms with Gasteiger partial charge in [0, 0.05) is 25.7 Å². The maximum Gasteiger partial charge on any atom is 0.337 e. The minimum Gasteiger partial charge on any atom is -0.465 e. The van der Waals surface area contributed by atoms with Crippen molar-refractivity contribution in [1.82, 2.24) is 4.72 Å². The molecule has 1 N–H and O–H groups in total. The molecule has 0 saturated carbocycles. The summed E-state index contributed by atoms with van der Waals surface area (Å²) in [5.41, 5.74) is 0.802. The maximum absolute atomic E-state index is 12.1. The maximum atomic E-state index is 12.1. The van der Waals surface area contributed by atoms with Crippen molar-refractivity contribution in [3.8, 4) is 0 Å². The van der Waals surface area contributed by atoms with E-state index in [9.17, 15) is 18.0 Å². The van der Waals surface area contributed by atoms with Gasteiger partial charge in [-0.2, -0.15) is 0 Å². The molecule has 0 radical (unpaired) electrons. The largest absolute Gasteiger partial charge is 0.465 e. The molecule has 25 heavy (non-hydrogen) atoms. The number of sulfonamides is 1. The van der Waals surface area contributed by atoms with Crippen LogP contribution < -0.4 is 9.62 Å². The van der Waals surface area contributed by atoms with E-state index >= 15 is 0 Å². The molecule has 1 aromatic carbocycles. The number of benzene rings is 1. The second-order valence-corrected chi connectivity index (χ2v) is 7.98. The Bertz CT molecular complexity index is 847. The van der Waals surface area contributed by atoms with E-state index in [4.69, 9.17) is 0 Å². The van der Waals surface area contributed by atoms with Gasteiger partial charge >= 0.3 is 5.97 Å². The SMILES string of the molecule is COC(=O)c1cccc(N(CCNS(=O)(=O)c2cccs2)C(C)=O)c1. The zero-order chi connectivity index (χ0) is 18.4. The van der Waals surface area contributed by atoms with Gasteiger partial charge in [-0.05, 0) is 29.6 Å². The minimum atomic E-state index is -3.59. The molecule has 0 bridgehead atoms. The monoisotopic (exact) mass is 382 g/mol. The smallest absolute Gasteiger partial charge is 0.337 e. The van der Waals surface area contributed by atoms with Gasteiger partial charge in [0.2, 0.25) is 15.9 Å². The summed E-state index contributed by atoms with van der Waals surface area (Å²) < 4.78 is 31.5. The first kappa shape index (κ1) is 19.1. The average Bonchev–Trinajstić information content (AvgIpc) is 3.13. The highest BCUT2D eigenvalue weighted by Gasteiger charge is 2.17. The van der Waals surface area contributed by atoms with Gasteiger partial charge < -0.3 is 9.64 Å². The highest BCUT2D eigenvalue weighted by molar-refractivity contribution is 7.91. The third-order valence-corrected chi connectivity index (χ3v) is 6.20. The molecular weight excluding hydrogens is 364 g/mol. The molecule has 0 aliphatic carbocycles. The number of hydrogen-bond donors (Lipinski definition) is 1. The second kappa shape index (κ2) is 8.24. The normalized spacial score (nSPS) is 11.1. The minimum absolute atomic E-state index is 0.0439. The fourth-order valence-electron chi connectivity index (χ4n) is 2.17. The molecule has 1 heterocycles. The van der Waals surface area contributed by atoms with Crippen molar-refractivity contribution in [1.29, 1.82) is 0 Å². The molecule has 0 aliphatic rings. The fourth-order valence-corrected chi connectivity index (χ4v) is 4.22. The summed E-state index contributed by atoms with van der Waals surface area (Å²) in [6, 6.07) is 9.57. The molecule has 0 saturated heterocycles. The van der Waals surface area contributed by atoms with Crippen LogP contribution in [0.5, 0.6) is 0 Å². The van der Waals surface area contributed by atoms with Crippen LogP contribution >= 0.6 is 11.3 Å². The number of esters is 1. The van der Waals surface area contributed by atoms with E-state index in [1.54, 1.807) is 29.6 Å². The fraction of sp³-hybridized carbons (Fsp3) is 0.250. The third kappa shape index (κ3) is 4.88. The van der Waals surface area contributed by atoms with Crippen LogP contribution in [0.4, 0.5) is 5.69 Å². The lowest BCUT2D eigenvalue weighted by atomic mass is 10.2. The highest BCUT2D eigenvalue weighted by atomic mass is 32.2. The lowest BCUT2D eigenvalue weighted by Gasteiger charge is -2.21. The number of rotatable bonds is 7. The van der Waals surface area contributed by atoms with Gasteiger partial charge in [-0.25, -0.2) is 17.9 Å². The van der Waals surface area contributed by atoms with Crippen LogP contribution in [0.3, 0.4) is 0 Å². The number of methoxy groups -OCH3 is 1. The van der Waals surface area contributed by atoms with Crippen molar-refractivity contribution in [2.45, 2.75) is 11.1 Å². The highest BCUT2D eigenvalue weighted by Crippen LogP contribution is 2.18. The Morgan fingerprint density at radius 2 is 2.00 bits per heavy atom. The number of nitrogens with zero attached hydrogens (tertiary/aromatic N) is 1. The standard InChI is InChI=1S/C16H18N2O5S2/c1-12(19)18(14-6-3-5-13(11-14)16(20)23-2)9-8-17-25(21,22)15-7-4-10-24-15/h3-7,10-11,17H,8-9H2,1-2H3. The van der Waals surface area contributed by atoms with E-state index in [1.165, 1.54) is 31.1 Å². The van der Waals surface area contributed by atoms with Gasteiger partial charge in [-0.15, -0.1) is 11.3 Å². The first-order chi connectivity index (χ1) is 11.8. The molecule has 2 rings (SSSR count). The summed E-state index contributed by atoms with van der Waals surface area (Å²) in [4.78, 5) is 24.9. The van der Waals surface area contributed by atoms with Crippen LogP contribution in [-0.2, 0) is 19.6 Å². The molecule has 9 heteroatoms. The Balaban J connectivity index is 2.09. The van der Waals surface area contributed by atoms with E-state index in [-0.39, 0.29) is 23.2 Å². The van der Waals surface area contributed by atoms with Crippen molar-refractivity contribution in [3.05, 3.63) is 47.3 Å². The van der Waals surface area contributed by atoms with Crippen molar-refractivity contribution in [2.75, 3.05) is 25.1 Å². The molecule has 0 fully saturated rings. The first-order valence-corrected chi connectivity index (χ1v) is 9.71. The first-order valence-electron chi connectivity index (χ1n) is 7.35. The molecule has 0 atom stereocenters. The summed E-state index contributed by atoms with van der Waals surface area (Å²) in [7, 11) is -2.31. The van der Waals surface area contributed by atoms with Gasteiger partial charge in [-0.1, -0.05) is 12.1 Å². The summed E-state index contributed by atoms with van der Waals surface area (Å²) >= 11 is 1.12. The third-order valence-electron chi connectivity index (χ3n) is 3.35. The number of carbonyl (C=O) groups excluding carboxylic acids is 2. The number of ether oxygens (including phenoxy) is 1. The molecule has 0 unspecified atom stereocenters. The van der Waals surface area contributed by atoms with Gasteiger partial charge in [0.1, 0.15) is 4.21 Å². The van der Waals surface area contributed by atoms with Crippen molar-refractivity contribution >= 4 is 38.9 Å². The molecule has 1 aromatic heterocycles. The molecule has 1 amide bonds. The Kier molecular flexibility index (Phi) is 6.29. The van der Waals surface area contributed by atoms with Gasteiger partial charge in [0.05, 0.1) is 12.7 Å². The van der Waals surface area contributed by atoms with E-state index in [0.717, 1.165) is 11.3 Å². The molecule has 134 valence electrons. The number of thiophene rings is 1. The van der Waals surface area contributed by atoms with E-state index in [0.29, 0.717) is 11.3 Å². The van der Waals surface area contributed by atoms with Crippen LogP contribution in [0.1, 0.15) is 17.3 Å². The van der Waals surface area contributed by atoms with E-state index in [2.05, 4.69) is 9.46 Å². The van der Waals surface area contributed by atoms with Gasteiger partial charge in [0.25, 0.3) is 0 Å². The number of anilines is 1. The molecular formula is C16H18N2O5S2. The predicted octanol–water partition coefficient (Wildman–Crippen LogP) is 1.87. The molecule has 7 nitrogen and oxygen atoms in total. The molecule has 0 spiro atoms. The van der Waals surface area contributed by atoms with Gasteiger partial charge in [0.15, 0.2) is 0 Å². The molecule has 0 aliphatic heterocycles. The topological polar surface area (TPSA) is 92.8 Å². The lowest BCUT2D eigenvalue weighted by Crippen LogP contribution is -2.37.